The molecule has 1 atom stereocenters. The van der Waals surface area contributed by atoms with E-state index in [0.717, 1.165) is 11.1 Å². The number of sulfonamides is 1. The minimum absolute atomic E-state index is 0.0215. The lowest BCUT2D eigenvalue weighted by molar-refractivity contribution is -0.127. The molecular formula is C20H27N3O4S. The topological polar surface area (TPSA) is 95.6 Å². The van der Waals surface area contributed by atoms with E-state index in [4.69, 9.17) is 0 Å². The summed E-state index contributed by atoms with van der Waals surface area (Å²) in [6.45, 7) is 5.08. The molecule has 2 rings (SSSR count). The summed E-state index contributed by atoms with van der Waals surface area (Å²) in [5.74, 6) is -1.03. The third-order valence-electron chi connectivity index (χ3n) is 4.27. The van der Waals surface area contributed by atoms with Gasteiger partial charge in [0.05, 0.1) is 4.90 Å². The van der Waals surface area contributed by atoms with Crippen LogP contribution in [0, 0.1) is 5.92 Å². The molecule has 2 aromatic carbocycles. The monoisotopic (exact) mass is 405 g/mol. The summed E-state index contributed by atoms with van der Waals surface area (Å²) in [7, 11) is -0.361. The third kappa shape index (κ3) is 5.01. The Balaban J connectivity index is 2.43. The first-order valence-electron chi connectivity index (χ1n) is 9.05. The Labute approximate surface area is 166 Å². The average Bonchev–Trinajstić information content (AvgIpc) is 2.58. The molecule has 0 heterocycles. The first-order chi connectivity index (χ1) is 13.0. The van der Waals surface area contributed by atoms with Gasteiger partial charge < -0.3 is 10.2 Å². The largest absolute Gasteiger partial charge is 0.377 e. The molecule has 0 aliphatic rings. The Morgan fingerprint density at radius 3 is 2.21 bits per heavy atom. The molecule has 0 radical (unpaired) electrons. The number of carbonyl (C=O) groups excluding carboxylic acids is 2. The van der Waals surface area contributed by atoms with Crippen molar-refractivity contribution in [1.29, 1.82) is 0 Å². The van der Waals surface area contributed by atoms with Crippen molar-refractivity contribution in [2.75, 3.05) is 19.0 Å². The Bertz CT molecular complexity index is 984. The number of hydrogen-bond acceptors (Lipinski definition) is 5. The fraction of sp³-hybridized carbons (Fsp3) is 0.400. The summed E-state index contributed by atoms with van der Waals surface area (Å²) < 4.78 is 28.0. The Hall–Kier alpha value is -2.61. The van der Waals surface area contributed by atoms with Crippen molar-refractivity contribution in [2.45, 2.75) is 38.1 Å². The van der Waals surface area contributed by atoms with Crippen LogP contribution in [0.4, 0.5) is 5.69 Å². The number of anilines is 1. The van der Waals surface area contributed by atoms with Crippen LogP contribution in [-0.4, -0.2) is 40.4 Å². The number of rotatable bonds is 7. The Kier molecular flexibility index (Phi) is 6.66. The molecule has 8 heteroatoms. The molecule has 0 saturated carbocycles. The lowest BCUT2D eigenvalue weighted by Crippen LogP contribution is -2.48. The van der Waals surface area contributed by atoms with E-state index in [9.17, 15) is 18.0 Å². The number of amides is 2. The average molecular weight is 406 g/mol. The number of nitrogens with zero attached hydrogens (tertiary/aromatic N) is 1. The van der Waals surface area contributed by atoms with E-state index in [2.05, 4.69) is 10.0 Å². The smallest absolute Gasteiger partial charge is 0.264 e. The fourth-order valence-corrected chi connectivity index (χ4v) is 4.34. The minimum Gasteiger partial charge on any atom is -0.377 e. The molecule has 0 unspecified atom stereocenters. The third-order valence-corrected chi connectivity index (χ3v) is 5.67. The van der Waals surface area contributed by atoms with Crippen molar-refractivity contribution in [3.05, 3.63) is 36.4 Å². The second-order valence-corrected chi connectivity index (χ2v) is 9.03. The quantitative estimate of drug-likeness (QED) is 0.737. The second kappa shape index (κ2) is 8.60. The zero-order valence-corrected chi connectivity index (χ0v) is 17.6. The number of carbonyl (C=O) groups is 2. The Morgan fingerprint density at radius 2 is 1.64 bits per heavy atom. The number of fused-ring (bicyclic) bond motifs is 1. The summed E-state index contributed by atoms with van der Waals surface area (Å²) >= 11 is 0. The summed E-state index contributed by atoms with van der Waals surface area (Å²) in [4.78, 5) is 25.9. The number of nitrogens with one attached hydrogen (secondary N) is 2. The van der Waals surface area contributed by atoms with Crippen LogP contribution in [-0.2, 0) is 19.6 Å². The van der Waals surface area contributed by atoms with Crippen molar-refractivity contribution in [3.8, 4) is 0 Å². The van der Waals surface area contributed by atoms with E-state index < -0.39 is 22.0 Å². The summed E-state index contributed by atoms with van der Waals surface area (Å²) in [5.41, 5.74) is 0.872. The van der Waals surface area contributed by atoms with Gasteiger partial charge in [0.2, 0.25) is 5.91 Å². The van der Waals surface area contributed by atoms with E-state index >= 15 is 0 Å². The van der Waals surface area contributed by atoms with Gasteiger partial charge in [-0.2, -0.15) is 0 Å². The highest BCUT2D eigenvalue weighted by atomic mass is 32.2. The summed E-state index contributed by atoms with van der Waals surface area (Å²) in [6, 6.07) is 9.41. The molecule has 2 amide bonds. The molecule has 0 aliphatic carbocycles. The first-order valence-corrected chi connectivity index (χ1v) is 10.5. The highest BCUT2D eigenvalue weighted by Crippen LogP contribution is 2.30. The van der Waals surface area contributed by atoms with Gasteiger partial charge >= 0.3 is 0 Å². The van der Waals surface area contributed by atoms with E-state index in [0.29, 0.717) is 11.8 Å². The number of hydrogen-bond donors (Lipinski definition) is 2. The van der Waals surface area contributed by atoms with Gasteiger partial charge in [-0.15, -0.1) is 0 Å². The van der Waals surface area contributed by atoms with Crippen molar-refractivity contribution in [3.63, 3.8) is 0 Å². The van der Waals surface area contributed by atoms with Gasteiger partial charge in [-0.05, 0) is 24.5 Å². The highest BCUT2D eigenvalue weighted by molar-refractivity contribution is 7.90. The molecule has 0 spiro atoms. The van der Waals surface area contributed by atoms with Crippen LogP contribution in [0.3, 0.4) is 0 Å². The predicted octanol–water partition coefficient (Wildman–Crippen LogP) is 2.26. The molecule has 0 fully saturated rings. The molecule has 0 bridgehead atoms. The van der Waals surface area contributed by atoms with Gasteiger partial charge in [-0.25, -0.2) is 13.1 Å². The van der Waals surface area contributed by atoms with E-state index in [1.54, 1.807) is 18.2 Å². The van der Waals surface area contributed by atoms with E-state index in [1.807, 2.05) is 45.0 Å². The van der Waals surface area contributed by atoms with Crippen LogP contribution in [0.1, 0.15) is 27.2 Å². The van der Waals surface area contributed by atoms with Crippen molar-refractivity contribution in [1.82, 2.24) is 10.0 Å². The normalized spacial score (nSPS) is 12.6. The first kappa shape index (κ1) is 21.7. The number of benzene rings is 2. The summed E-state index contributed by atoms with van der Waals surface area (Å²) in [5, 5.41) is 3.81. The zero-order valence-electron chi connectivity index (χ0n) is 16.8. The van der Waals surface area contributed by atoms with Gasteiger partial charge in [0.1, 0.15) is 6.04 Å². The van der Waals surface area contributed by atoms with E-state index in [1.165, 1.54) is 13.0 Å². The molecule has 152 valence electrons. The lowest BCUT2D eigenvalue weighted by Gasteiger charge is -2.20. The maximum atomic E-state index is 13.0. The van der Waals surface area contributed by atoms with Crippen LogP contribution in [0.2, 0.25) is 0 Å². The van der Waals surface area contributed by atoms with Gasteiger partial charge in [0, 0.05) is 37.5 Å². The second-order valence-electron chi connectivity index (χ2n) is 7.38. The minimum atomic E-state index is -4.11. The molecule has 2 N–H and O–H groups in total. The molecule has 0 saturated heterocycles. The maximum absolute atomic E-state index is 13.0. The standard InChI is InChI=1S/C20H27N3O4S/c1-13(2)12-17(21-14(3)24)20(25)22-28(26,27)19-11-7-8-15-16(19)9-6-10-18(15)23(4)5/h6-11,13,17H,12H2,1-5H3,(H,21,24)(H,22,25)/t17-/m0/s1. The lowest BCUT2D eigenvalue weighted by atomic mass is 10.0. The molecule has 0 aromatic heterocycles. The molecule has 28 heavy (non-hydrogen) atoms. The van der Waals surface area contributed by atoms with Gasteiger partial charge in [0.25, 0.3) is 15.9 Å². The molecule has 7 nitrogen and oxygen atoms in total. The van der Waals surface area contributed by atoms with Gasteiger partial charge in [-0.3, -0.25) is 9.59 Å². The van der Waals surface area contributed by atoms with Crippen LogP contribution in [0.25, 0.3) is 10.8 Å². The van der Waals surface area contributed by atoms with Gasteiger partial charge in [-0.1, -0.05) is 38.1 Å². The predicted molar refractivity (Wildman–Crippen MR) is 111 cm³/mol. The van der Waals surface area contributed by atoms with Crippen molar-refractivity contribution >= 4 is 38.3 Å². The molecular weight excluding hydrogens is 378 g/mol. The SMILES string of the molecule is CC(=O)N[C@@H](CC(C)C)C(=O)NS(=O)(=O)c1cccc2c(N(C)C)cccc12. The fourth-order valence-electron chi connectivity index (χ4n) is 3.10. The van der Waals surface area contributed by atoms with Crippen molar-refractivity contribution < 1.29 is 18.0 Å². The van der Waals surface area contributed by atoms with Gasteiger partial charge in [0.15, 0.2) is 0 Å². The van der Waals surface area contributed by atoms with Crippen LogP contribution < -0.4 is 14.9 Å². The maximum Gasteiger partial charge on any atom is 0.264 e. The highest BCUT2D eigenvalue weighted by Gasteiger charge is 2.27. The van der Waals surface area contributed by atoms with E-state index in [-0.39, 0.29) is 16.7 Å². The van der Waals surface area contributed by atoms with Crippen LogP contribution >= 0.6 is 0 Å². The zero-order chi connectivity index (χ0) is 21.1. The van der Waals surface area contributed by atoms with Crippen LogP contribution in [0.15, 0.2) is 41.3 Å². The molecule has 0 aliphatic heterocycles. The van der Waals surface area contributed by atoms with Crippen molar-refractivity contribution in [2.24, 2.45) is 5.92 Å². The molecule has 2 aromatic rings. The summed E-state index contributed by atoms with van der Waals surface area (Å²) in [6.07, 6.45) is 0.335. The van der Waals surface area contributed by atoms with Crippen LogP contribution in [0.5, 0.6) is 0 Å². The Morgan fingerprint density at radius 1 is 1.04 bits per heavy atom.